The second-order valence-corrected chi connectivity index (χ2v) is 7.62. The first-order valence-corrected chi connectivity index (χ1v) is 9.85. The van der Waals surface area contributed by atoms with Crippen molar-refractivity contribution in [1.82, 2.24) is 4.57 Å². The number of carbonyl (C=O) groups excluding carboxylic acids is 2. The van der Waals surface area contributed by atoms with E-state index in [0.717, 1.165) is 17.1 Å². The molecule has 2 heterocycles. The molecule has 0 saturated heterocycles. The van der Waals surface area contributed by atoms with E-state index in [-0.39, 0.29) is 23.2 Å². The van der Waals surface area contributed by atoms with Crippen LogP contribution in [0, 0.1) is 13.8 Å². The molecule has 0 atom stereocenters. The van der Waals surface area contributed by atoms with E-state index in [1.54, 1.807) is 12.1 Å². The number of benzene rings is 2. The summed E-state index contributed by atoms with van der Waals surface area (Å²) in [6.07, 6.45) is 0. The van der Waals surface area contributed by atoms with Gasteiger partial charge in [-0.25, -0.2) is 4.79 Å². The molecule has 2 aromatic carbocycles. The van der Waals surface area contributed by atoms with Crippen LogP contribution in [0.5, 0.6) is 11.5 Å². The Bertz CT molecular complexity index is 1170. The molecule has 3 aromatic rings. The maximum Gasteiger partial charge on any atom is 0.340 e. The summed E-state index contributed by atoms with van der Waals surface area (Å²) in [5.74, 6) is 0.311. The lowest BCUT2D eigenvalue weighted by Crippen LogP contribution is -2.15. The van der Waals surface area contributed by atoms with Gasteiger partial charge in [0.15, 0.2) is 18.1 Å². The predicted molar refractivity (Wildman–Crippen MR) is 112 cm³/mol. The highest BCUT2D eigenvalue weighted by Gasteiger charge is 2.21. The van der Waals surface area contributed by atoms with Crippen molar-refractivity contribution >= 4 is 35.0 Å². The van der Waals surface area contributed by atoms with Gasteiger partial charge >= 0.3 is 5.97 Å². The Morgan fingerprint density at radius 3 is 2.57 bits per heavy atom. The number of nitrogens with zero attached hydrogens (tertiary/aromatic N) is 1. The van der Waals surface area contributed by atoms with Gasteiger partial charge < -0.3 is 18.8 Å². The average Bonchev–Trinajstić information content (AvgIpc) is 3.30. The number of aromatic nitrogens is 1. The summed E-state index contributed by atoms with van der Waals surface area (Å²) < 4.78 is 17.9. The van der Waals surface area contributed by atoms with Crippen LogP contribution in [0.25, 0.3) is 5.69 Å². The third-order valence-electron chi connectivity index (χ3n) is 4.83. The molecular weight excluding hydrogens is 429 g/mol. The van der Waals surface area contributed by atoms with Crippen LogP contribution < -0.4 is 9.47 Å². The Kier molecular flexibility index (Phi) is 5.45. The zero-order valence-electron chi connectivity index (χ0n) is 16.2. The van der Waals surface area contributed by atoms with Crippen LogP contribution in [0.2, 0.25) is 10.0 Å². The van der Waals surface area contributed by atoms with Gasteiger partial charge in [0.1, 0.15) is 0 Å². The number of carbonyl (C=O) groups is 2. The van der Waals surface area contributed by atoms with E-state index in [9.17, 15) is 9.59 Å². The highest BCUT2D eigenvalue weighted by molar-refractivity contribution is 6.35. The van der Waals surface area contributed by atoms with Gasteiger partial charge in [-0.05, 0) is 50.2 Å². The molecule has 0 aliphatic carbocycles. The van der Waals surface area contributed by atoms with Gasteiger partial charge in [0.25, 0.3) is 0 Å². The van der Waals surface area contributed by atoms with Gasteiger partial charge in [-0.2, -0.15) is 0 Å². The quantitative estimate of drug-likeness (QED) is 0.400. The summed E-state index contributed by atoms with van der Waals surface area (Å²) in [6.45, 7) is 3.51. The van der Waals surface area contributed by atoms with Crippen molar-refractivity contribution in [2.45, 2.75) is 13.8 Å². The van der Waals surface area contributed by atoms with Crippen LogP contribution in [-0.4, -0.2) is 29.7 Å². The molecule has 6 nitrogen and oxygen atoms in total. The van der Waals surface area contributed by atoms with Crippen LogP contribution in [0.1, 0.15) is 32.1 Å². The van der Waals surface area contributed by atoms with Crippen LogP contribution in [0.15, 0.2) is 42.5 Å². The highest BCUT2D eigenvalue weighted by Crippen LogP contribution is 2.35. The zero-order valence-corrected chi connectivity index (χ0v) is 17.7. The van der Waals surface area contributed by atoms with E-state index < -0.39 is 12.6 Å². The third kappa shape index (κ3) is 3.76. The maximum atomic E-state index is 12.7. The summed E-state index contributed by atoms with van der Waals surface area (Å²) in [4.78, 5) is 25.0. The summed E-state index contributed by atoms with van der Waals surface area (Å²) in [6, 6.07) is 11.8. The smallest absolute Gasteiger partial charge is 0.340 e. The summed E-state index contributed by atoms with van der Waals surface area (Å²) in [5, 5.41) is 0.558. The van der Waals surface area contributed by atoms with Crippen molar-refractivity contribution in [3.63, 3.8) is 0 Å². The van der Waals surface area contributed by atoms with Crippen LogP contribution in [-0.2, 0) is 4.74 Å². The lowest BCUT2D eigenvalue weighted by molar-refractivity contribution is 0.0474. The second-order valence-electron chi connectivity index (χ2n) is 6.78. The van der Waals surface area contributed by atoms with Crippen molar-refractivity contribution in [3.8, 4) is 17.2 Å². The number of hydrogen-bond donors (Lipinski definition) is 0. The molecule has 0 N–H and O–H groups in total. The van der Waals surface area contributed by atoms with E-state index >= 15 is 0 Å². The Morgan fingerprint density at radius 2 is 1.77 bits per heavy atom. The molecule has 0 radical (unpaired) electrons. The fourth-order valence-corrected chi connectivity index (χ4v) is 3.77. The van der Waals surface area contributed by atoms with Gasteiger partial charge in [-0.1, -0.05) is 23.2 Å². The van der Waals surface area contributed by atoms with Gasteiger partial charge in [0, 0.05) is 33.7 Å². The predicted octanol–water partition coefficient (Wildman–Crippen LogP) is 5.17. The number of aryl methyl sites for hydroxylation is 1. The van der Waals surface area contributed by atoms with Crippen LogP contribution in [0.3, 0.4) is 0 Å². The van der Waals surface area contributed by atoms with Crippen molar-refractivity contribution in [3.05, 3.63) is 75.0 Å². The Balaban J connectivity index is 1.53. The Hall–Kier alpha value is -2.96. The molecule has 4 rings (SSSR count). The van der Waals surface area contributed by atoms with Crippen LogP contribution in [0.4, 0.5) is 0 Å². The monoisotopic (exact) mass is 445 g/mol. The normalized spacial score (nSPS) is 12.1. The molecule has 0 unspecified atom stereocenters. The lowest BCUT2D eigenvalue weighted by Gasteiger charge is -2.11. The first-order chi connectivity index (χ1) is 14.3. The second kappa shape index (κ2) is 8.05. The van der Waals surface area contributed by atoms with Crippen molar-refractivity contribution < 1.29 is 23.8 Å². The number of Topliss-reactive ketones (excluding diaryl/α,β-unsaturated/α-hetero) is 1. The number of halogens is 2. The van der Waals surface area contributed by atoms with E-state index in [4.69, 9.17) is 37.4 Å². The lowest BCUT2D eigenvalue weighted by atomic mass is 10.1. The summed E-state index contributed by atoms with van der Waals surface area (Å²) in [5.41, 5.74) is 3.01. The number of hydrogen-bond acceptors (Lipinski definition) is 5. The first kappa shape index (κ1) is 20.3. The molecule has 0 spiro atoms. The van der Waals surface area contributed by atoms with Crippen molar-refractivity contribution in [2.24, 2.45) is 0 Å². The molecule has 0 bridgehead atoms. The minimum absolute atomic E-state index is 0.114. The molecule has 1 aliphatic heterocycles. The van der Waals surface area contributed by atoms with Crippen molar-refractivity contribution in [1.29, 1.82) is 0 Å². The maximum absolute atomic E-state index is 12.7. The summed E-state index contributed by atoms with van der Waals surface area (Å²) >= 11 is 11.9. The van der Waals surface area contributed by atoms with E-state index in [1.165, 1.54) is 12.1 Å². The third-order valence-corrected chi connectivity index (χ3v) is 5.39. The van der Waals surface area contributed by atoms with E-state index in [2.05, 4.69) is 0 Å². The summed E-state index contributed by atoms with van der Waals surface area (Å²) in [7, 11) is 0. The number of ether oxygens (including phenoxy) is 3. The zero-order chi connectivity index (χ0) is 21.4. The number of fused-ring (bicyclic) bond motifs is 1. The Labute approximate surface area is 182 Å². The number of esters is 1. The molecule has 0 amide bonds. The minimum Gasteiger partial charge on any atom is -0.454 e. The molecule has 154 valence electrons. The van der Waals surface area contributed by atoms with Gasteiger partial charge in [0.2, 0.25) is 12.6 Å². The minimum atomic E-state index is -0.708. The molecule has 1 aromatic heterocycles. The molecule has 8 heteroatoms. The van der Waals surface area contributed by atoms with Crippen molar-refractivity contribution in [2.75, 3.05) is 13.4 Å². The van der Waals surface area contributed by atoms with E-state index in [1.807, 2.05) is 36.6 Å². The fraction of sp³-hybridized carbons (Fsp3) is 0.182. The van der Waals surface area contributed by atoms with Gasteiger partial charge in [-0.15, -0.1) is 0 Å². The van der Waals surface area contributed by atoms with E-state index in [0.29, 0.717) is 22.1 Å². The average molecular weight is 446 g/mol. The molecule has 0 saturated carbocycles. The van der Waals surface area contributed by atoms with Gasteiger partial charge in [-0.3, -0.25) is 4.79 Å². The standard InChI is InChI=1S/C22H17Cl2NO5/c1-12-7-16(13(2)25(12)15-4-6-20-21(9-15)30-11-29-20)19(26)10-28-22(27)17-8-14(23)3-5-18(17)24/h3-9H,10-11H2,1-2H3. The van der Waals surface area contributed by atoms with Gasteiger partial charge in [0.05, 0.1) is 10.6 Å². The first-order valence-electron chi connectivity index (χ1n) is 9.09. The highest BCUT2D eigenvalue weighted by atomic mass is 35.5. The van der Waals surface area contributed by atoms with Crippen LogP contribution >= 0.6 is 23.2 Å². The fourth-order valence-electron chi connectivity index (χ4n) is 3.41. The molecule has 0 fully saturated rings. The molecule has 1 aliphatic rings. The largest absolute Gasteiger partial charge is 0.454 e. The Morgan fingerprint density at radius 1 is 1.00 bits per heavy atom. The topological polar surface area (TPSA) is 66.8 Å². The molecular formula is C22H17Cl2NO5. The SMILES string of the molecule is Cc1cc(C(=O)COC(=O)c2cc(Cl)ccc2Cl)c(C)n1-c1ccc2c(c1)OCO2. The number of ketones is 1. The molecule has 30 heavy (non-hydrogen) atoms. The number of rotatable bonds is 5.